The molecule has 0 unspecified atom stereocenters. The highest BCUT2D eigenvalue weighted by Gasteiger charge is 2.24. The predicted molar refractivity (Wildman–Crippen MR) is 93.9 cm³/mol. The van der Waals surface area contributed by atoms with E-state index in [1.54, 1.807) is 6.07 Å². The standard InChI is InChI=1S/C15H15Cl2N3O4S/c1-25(23,24)15-18-12-2-3-20(7-10(12)14(22)19-15)6-8-4-9(16)5-11(17)13(8)21/h4-5,21H,2-3,6-7H2,1H3,(H,18,19,22). The fourth-order valence-corrected chi connectivity index (χ4v) is 3.84. The van der Waals surface area contributed by atoms with Crippen molar-refractivity contribution in [2.45, 2.75) is 24.7 Å². The number of hydrogen-bond acceptors (Lipinski definition) is 6. The van der Waals surface area contributed by atoms with Gasteiger partial charge in [0.1, 0.15) is 5.75 Å². The van der Waals surface area contributed by atoms with E-state index in [0.29, 0.717) is 41.4 Å². The van der Waals surface area contributed by atoms with Crippen LogP contribution in [0.1, 0.15) is 16.8 Å². The van der Waals surface area contributed by atoms with Crippen LogP contribution in [0.25, 0.3) is 0 Å². The van der Waals surface area contributed by atoms with Crippen LogP contribution in [-0.2, 0) is 29.3 Å². The van der Waals surface area contributed by atoms with Crippen molar-refractivity contribution >= 4 is 33.0 Å². The Hall–Kier alpha value is -1.61. The number of nitrogens with one attached hydrogen (secondary N) is 1. The van der Waals surface area contributed by atoms with Gasteiger partial charge < -0.3 is 5.11 Å². The van der Waals surface area contributed by atoms with E-state index in [9.17, 15) is 18.3 Å². The molecule has 1 aromatic heterocycles. The molecule has 1 aromatic carbocycles. The molecule has 0 atom stereocenters. The van der Waals surface area contributed by atoms with Crippen LogP contribution in [0, 0.1) is 0 Å². The molecule has 0 saturated heterocycles. The summed E-state index contributed by atoms with van der Waals surface area (Å²) in [5.41, 5.74) is 0.988. The number of phenols is 1. The fraction of sp³-hybridized carbons (Fsp3) is 0.333. The minimum Gasteiger partial charge on any atom is -0.506 e. The lowest BCUT2D eigenvalue weighted by Gasteiger charge is -2.28. The average molecular weight is 404 g/mol. The minimum absolute atomic E-state index is 0.0451. The molecule has 1 aliphatic heterocycles. The SMILES string of the molecule is CS(=O)(=O)c1nc2c(c(=O)[nH]1)CN(Cc1cc(Cl)cc(Cl)c1O)CC2. The second kappa shape index (κ2) is 6.60. The van der Waals surface area contributed by atoms with E-state index in [2.05, 4.69) is 9.97 Å². The predicted octanol–water partition coefficient (Wildman–Crippen LogP) is 1.74. The third-order valence-corrected chi connectivity index (χ3v) is 5.38. The molecule has 0 amide bonds. The summed E-state index contributed by atoms with van der Waals surface area (Å²) in [7, 11) is -3.58. The molecule has 7 nitrogen and oxygen atoms in total. The third kappa shape index (κ3) is 3.82. The van der Waals surface area contributed by atoms with E-state index >= 15 is 0 Å². The summed E-state index contributed by atoms with van der Waals surface area (Å²) in [6.07, 6.45) is 1.43. The van der Waals surface area contributed by atoms with E-state index < -0.39 is 15.4 Å². The molecule has 3 rings (SSSR count). The molecule has 1 aliphatic rings. The van der Waals surface area contributed by atoms with Crippen molar-refractivity contribution < 1.29 is 13.5 Å². The molecular formula is C15H15Cl2N3O4S. The summed E-state index contributed by atoms with van der Waals surface area (Å²) in [6, 6.07) is 3.07. The van der Waals surface area contributed by atoms with Crippen molar-refractivity contribution in [3.05, 3.63) is 49.4 Å². The van der Waals surface area contributed by atoms with Crippen LogP contribution in [0.3, 0.4) is 0 Å². The smallest absolute Gasteiger partial charge is 0.256 e. The molecular weight excluding hydrogens is 389 g/mol. The largest absolute Gasteiger partial charge is 0.506 e. The number of halogens is 2. The van der Waals surface area contributed by atoms with Gasteiger partial charge in [-0.2, -0.15) is 0 Å². The van der Waals surface area contributed by atoms with Crippen molar-refractivity contribution in [1.29, 1.82) is 0 Å². The van der Waals surface area contributed by atoms with Crippen LogP contribution in [-0.4, -0.2) is 41.2 Å². The Kier molecular flexibility index (Phi) is 4.80. The van der Waals surface area contributed by atoms with Gasteiger partial charge in [0.25, 0.3) is 5.56 Å². The lowest BCUT2D eigenvalue weighted by atomic mass is 10.1. The molecule has 0 fully saturated rings. The Morgan fingerprint density at radius 1 is 1.36 bits per heavy atom. The van der Waals surface area contributed by atoms with Gasteiger partial charge in [-0.1, -0.05) is 23.2 Å². The fourth-order valence-electron chi connectivity index (χ4n) is 2.75. The van der Waals surface area contributed by atoms with Gasteiger partial charge in [-0.05, 0) is 12.1 Å². The highest BCUT2D eigenvalue weighted by atomic mass is 35.5. The van der Waals surface area contributed by atoms with Gasteiger partial charge in [0.2, 0.25) is 15.0 Å². The number of fused-ring (bicyclic) bond motifs is 1. The maximum absolute atomic E-state index is 12.2. The van der Waals surface area contributed by atoms with E-state index in [0.717, 1.165) is 6.26 Å². The van der Waals surface area contributed by atoms with Gasteiger partial charge in [-0.25, -0.2) is 13.4 Å². The first kappa shape index (κ1) is 18.2. The molecule has 25 heavy (non-hydrogen) atoms. The van der Waals surface area contributed by atoms with Gasteiger partial charge in [0.15, 0.2) is 0 Å². The second-order valence-corrected chi connectivity index (χ2v) is 8.70. The first-order valence-electron chi connectivity index (χ1n) is 7.36. The summed E-state index contributed by atoms with van der Waals surface area (Å²) >= 11 is 11.9. The zero-order valence-corrected chi connectivity index (χ0v) is 15.5. The molecule has 2 N–H and O–H groups in total. The van der Waals surface area contributed by atoms with Crippen LogP contribution in [0.15, 0.2) is 22.1 Å². The van der Waals surface area contributed by atoms with Crippen molar-refractivity contribution in [2.75, 3.05) is 12.8 Å². The molecule has 0 bridgehead atoms. The number of hydrogen-bond donors (Lipinski definition) is 2. The second-order valence-electron chi connectivity index (χ2n) is 5.92. The van der Waals surface area contributed by atoms with Crippen LogP contribution >= 0.6 is 23.2 Å². The quantitative estimate of drug-likeness (QED) is 0.756. The van der Waals surface area contributed by atoms with Crippen LogP contribution in [0.2, 0.25) is 10.0 Å². The number of aromatic hydroxyl groups is 1. The molecule has 134 valence electrons. The Balaban J connectivity index is 1.89. The average Bonchev–Trinajstić information content (AvgIpc) is 2.51. The van der Waals surface area contributed by atoms with Gasteiger partial charge in [-0.3, -0.25) is 14.7 Å². The van der Waals surface area contributed by atoms with Crippen molar-refractivity contribution in [3.63, 3.8) is 0 Å². The van der Waals surface area contributed by atoms with Crippen molar-refractivity contribution in [3.8, 4) is 5.75 Å². The number of H-pyrrole nitrogens is 1. The number of rotatable bonds is 3. The summed E-state index contributed by atoms with van der Waals surface area (Å²) in [4.78, 5) is 20.5. The number of phenolic OH excluding ortho intramolecular Hbond substituents is 1. The zero-order valence-electron chi connectivity index (χ0n) is 13.2. The zero-order chi connectivity index (χ0) is 18.4. The number of aromatic nitrogens is 2. The summed E-state index contributed by atoms with van der Waals surface area (Å²) in [5.74, 6) is -0.0451. The molecule has 0 saturated carbocycles. The van der Waals surface area contributed by atoms with Crippen LogP contribution in [0.4, 0.5) is 0 Å². The van der Waals surface area contributed by atoms with Gasteiger partial charge >= 0.3 is 0 Å². The first-order chi connectivity index (χ1) is 11.6. The van der Waals surface area contributed by atoms with Gasteiger partial charge in [-0.15, -0.1) is 0 Å². The number of nitrogens with zero attached hydrogens (tertiary/aromatic N) is 2. The Bertz CT molecular complexity index is 1000. The molecule has 0 aliphatic carbocycles. The first-order valence-corrected chi connectivity index (χ1v) is 10.0. The summed E-state index contributed by atoms with van der Waals surface area (Å²) in [6.45, 7) is 1.18. The van der Waals surface area contributed by atoms with Gasteiger partial charge in [0, 0.05) is 42.9 Å². The molecule has 10 heteroatoms. The maximum Gasteiger partial charge on any atom is 0.256 e. The highest BCUT2D eigenvalue weighted by Crippen LogP contribution is 2.32. The number of benzene rings is 1. The molecule has 0 spiro atoms. The summed E-state index contributed by atoms with van der Waals surface area (Å²) in [5, 5.41) is 10.3. The lowest BCUT2D eigenvalue weighted by Crippen LogP contribution is -2.36. The van der Waals surface area contributed by atoms with E-state index in [1.807, 2.05) is 4.90 Å². The van der Waals surface area contributed by atoms with Crippen LogP contribution in [0.5, 0.6) is 5.75 Å². The Morgan fingerprint density at radius 2 is 2.08 bits per heavy atom. The molecule has 2 aromatic rings. The topological polar surface area (TPSA) is 103 Å². The molecule has 2 heterocycles. The third-order valence-electron chi connectivity index (χ3n) is 3.98. The number of sulfone groups is 1. The van der Waals surface area contributed by atoms with Gasteiger partial charge in [0.05, 0.1) is 16.3 Å². The van der Waals surface area contributed by atoms with Crippen LogP contribution < -0.4 is 5.56 Å². The number of aromatic amines is 1. The minimum atomic E-state index is -3.58. The lowest BCUT2D eigenvalue weighted by molar-refractivity contribution is 0.238. The summed E-state index contributed by atoms with van der Waals surface area (Å²) < 4.78 is 23.2. The highest BCUT2D eigenvalue weighted by molar-refractivity contribution is 7.90. The molecule has 0 radical (unpaired) electrons. The normalized spacial score (nSPS) is 15.2. The maximum atomic E-state index is 12.2. The Morgan fingerprint density at radius 3 is 2.76 bits per heavy atom. The Labute approximate surface area is 154 Å². The van der Waals surface area contributed by atoms with E-state index in [1.165, 1.54) is 6.07 Å². The van der Waals surface area contributed by atoms with E-state index in [-0.39, 0.29) is 22.5 Å². The monoisotopic (exact) mass is 403 g/mol. The van der Waals surface area contributed by atoms with E-state index in [4.69, 9.17) is 23.2 Å². The van der Waals surface area contributed by atoms with Crippen molar-refractivity contribution in [2.24, 2.45) is 0 Å². The van der Waals surface area contributed by atoms with Crippen molar-refractivity contribution in [1.82, 2.24) is 14.9 Å².